The van der Waals surface area contributed by atoms with Crippen LogP contribution in [0.15, 0.2) is 41.5 Å². The van der Waals surface area contributed by atoms with Gasteiger partial charge < -0.3 is 19.7 Å². The van der Waals surface area contributed by atoms with E-state index in [1.165, 1.54) is 66.4 Å². The van der Waals surface area contributed by atoms with E-state index < -0.39 is 6.10 Å². The number of fused-ring (bicyclic) bond motifs is 1. The molecule has 1 saturated heterocycles. The number of aryl methyl sites for hydroxylation is 1. The molecule has 1 fully saturated rings. The van der Waals surface area contributed by atoms with Crippen molar-refractivity contribution in [2.75, 3.05) is 13.2 Å². The SMILES string of the molecule is CCCCCCc1cc2c(cc1/C=C/C1=CC=C([C@@H]3OC3OCC(O)CO)CC1)C(C)(C)CCC2(C)C. The van der Waals surface area contributed by atoms with E-state index in [2.05, 4.69) is 71.1 Å². The Bertz CT molecular complexity index is 1030. The third-order valence-corrected chi connectivity index (χ3v) is 8.58. The molecule has 3 atom stereocenters. The van der Waals surface area contributed by atoms with Crippen molar-refractivity contribution in [3.8, 4) is 0 Å². The number of unbranched alkanes of at least 4 members (excludes halogenated alkanes) is 3. The van der Waals surface area contributed by atoms with Crippen molar-refractivity contribution in [3.05, 3.63) is 63.8 Å². The summed E-state index contributed by atoms with van der Waals surface area (Å²) in [6.07, 6.45) is 18.6. The van der Waals surface area contributed by atoms with E-state index in [-0.39, 0.29) is 36.4 Å². The van der Waals surface area contributed by atoms with Crippen LogP contribution in [0.4, 0.5) is 0 Å². The van der Waals surface area contributed by atoms with Crippen LogP contribution in [0.3, 0.4) is 0 Å². The monoisotopic (exact) mass is 508 g/mol. The van der Waals surface area contributed by atoms with Crippen LogP contribution < -0.4 is 0 Å². The molecule has 0 bridgehead atoms. The number of hydrogen-bond donors (Lipinski definition) is 2. The van der Waals surface area contributed by atoms with Crippen molar-refractivity contribution < 1.29 is 19.7 Å². The first-order valence-electron chi connectivity index (χ1n) is 14.5. The highest BCUT2D eigenvalue weighted by Crippen LogP contribution is 2.47. The van der Waals surface area contributed by atoms with E-state index in [9.17, 15) is 5.11 Å². The first kappa shape index (κ1) is 28.3. The van der Waals surface area contributed by atoms with Gasteiger partial charge in [-0.2, -0.15) is 0 Å². The Morgan fingerprint density at radius 3 is 2.38 bits per heavy atom. The van der Waals surface area contributed by atoms with E-state index in [1.54, 1.807) is 5.56 Å². The van der Waals surface area contributed by atoms with Gasteiger partial charge in [0.05, 0.1) is 13.2 Å². The summed E-state index contributed by atoms with van der Waals surface area (Å²) in [5.41, 5.74) is 9.01. The van der Waals surface area contributed by atoms with Gasteiger partial charge in [-0.3, -0.25) is 0 Å². The second kappa shape index (κ2) is 12.0. The van der Waals surface area contributed by atoms with Crippen LogP contribution in [-0.2, 0) is 26.7 Å². The van der Waals surface area contributed by atoms with Crippen molar-refractivity contribution in [2.45, 2.75) is 122 Å². The van der Waals surface area contributed by atoms with Gasteiger partial charge in [0.1, 0.15) is 12.2 Å². The molecule has 204 valence electrons. The van der Waals surface area contributed by atoms with E-state index in [4.69, 9.17) is 14.6 Å². The Morgan fingerprint density at radius 2 is 1.73 bits per heavy atom. The topological polar surface area (TPSA) is 62.2 Å². The van der Waals surface area contributed by atoms with Crippen molar-refractivity contribution >= 4 is 6.08 Å². The highest BCUT2D eigenvalue weighted by Gasteiger charge is 2.43. The molecule has 4 nitrogen and oxygen atoms in total. The maximum atomic E-state index is 9.47. The maximum Gasteiger partial charge on any atom is 0.188 e. The first-order chi connectivity index (χ1) is 17.6. The summed E-state index contributed by atoms with van der Waals surface area (Å²) in [6.45, 7) is 11.7. The third-order valence-electron chi connectivity index (χ3n) is 8.58. The molecule has 1 aliphatic heterocycles. The molecule has 1 aromatic rings. The number of benzene rings is 1. The van der Waals surface area contributed by atoms with Gasteiger partial charge in [0.25, 0.3) is 0 Å². The van der Waals surface area contributed by atoms with Gasteiger partial charge in [-0.25, -0.2) is 0 Å². The average Bonchev–Trinajstić information content (AvgIpc) is 3.67. The molecule has 2 N–H and O–H groups in total. The molecule has 0 amide bonds. The lowest BCUT2D eigenvalue weighted by atomic mass is 9.62. The molecule has 37 heavy (non-hydrogen) atoms. The van der Waals surface area contributed by atoms with Crippen LogP contribution >= 0.6 is 0 Å². The van der Waals surface area contributed by atoms with Crippen molar-refractivity contribution in [1.29, 1.82) is 0 Å². The fourth-order valence-electron chi connectivity index (χ4n) is 5.78. The Morgan fingerprint density at radius 1 is 1.00 bits per heavy atom. The molecule has 2 unspecified atom stereocenters. The fourth-order valence-corrected chi connectivity index (χ4v) is 5.78. The normalized spacial score (nSPS) is 24.9. The molecule has 4 heteroatoms. The van der Waals surface area contributed by atoms with Crippen LogP contribution in [-0.4, -0.2) is 41.9 Å². The summed E-state index contributed by atoms with van der Waals surface area (Å²) in [7, 11) is 0. The summed E-state index contributed by atoms with van der Waals surface area (Å²) in [4.78, 5) is 0. The molecule has 0 spiro atoms. The number of ether oxygens (including phenoxy) is 2. The van der Waals surface area contributed by atoms with E-state index in [0.717, 1.165) is 19.3 Å². The standard InChI is InChI=1S/C33H48O4/c1-6-7-8-9-10-25-19-28-29(33(4,5)18-17-32(28,2)3)20-26(25)16-13-23-11-14-24(15-12-23)30-31(37-30)36-22-27(35)21-34/h11,13-14,16,19-20,27,30-31,34-35H,6-10,12,15,17-18,21-22H2,1-5H3/b16-13+/t27?,30-,31?/m0/s1. The van der Waals surface area contributed by atoms with Crippen LogP contribution in [0.25, 0.3) is 6.08 Å². The Kier molecular flexibility index (Phi) is 9.17. The third kappa shape index (κ3) is 7.03. The molecular formula is C33H48O4. The largest absolute Gasteiger partial charge is 0.394 e. The zero-order chi connectivity index (χ0) is 26.6. The predicted octanol–water partition coefficient (Wildman–Crippen LogP) is 6.91. The van der Waals surface area contributed by atoms with Gasteiger partial charge in [-0.05, 0) is 82.8 Å². The van der Waals surface area contributed by atoms with Crippen LogP contribution in [0.5, 0.6) is 0 Å². The summed E-state index contributed by atoms with van der Waals surface area (Å²) in [5, 5.41) is 18.4. The number of aliphatic hydroxyl groups excluding tert-OH is 2. The van der Waals surface area contributed by atoms with Crippen molar-refractivity contribution in [1.82, 2.24) is 0 Å². The van der Waals surface area contributed by atoms with Crippen LogP contribution in [0, 0.1) is 0 Å². The maximum absolute atomic E-state index is 9.47. The fraction of sp³-hybridized carbons (Fsp3) is 0.636. The summed E-state index contributed by atoms with van der Waals surface area (Å²) in [5.74, 6) is 0. The Balaban J connectivity index is 1.50. The molecule has 4 rings (SSSR count). The van der Waals surface area contributed by atoms with Crippen LogP contribution in [0.1, 0.15) is 108 Å². The first-order valence-corrected chi connectivity index (χ1v) is 14.5. The van der Waals surface area contributed by atoms with E-state index in [0.29, 0.717) is 0 Å². The molecule has 0 saturated carbocycles. The number of allylic oxidation sites excluding steroid dienone is 4. The zero-order valence-electron chi connectivity index (χ0n) is 23.7. The molecule has 0 aromatic heterocycles. The molecule has 2 aliphatic carbocycles. The lowest BCUT2D eigenvalue weighted by molar-refractivity contribution is -0.0274. The molecule has 1 heterocycles. The number of hydrogen-bond acceptors (Lipinski definition) is 4. The van der Waals surface area contributed by atoms with Gasteiger partial charge in [-0.1, -0.05) is 90.3 Å². The van der Waals surface area contributed by atoms with Gasteiger partial charge >= 0.3 is 0 Å². The lowest BCUT2D eigenvalue weighted by Crippen LogP contribution is -2.34. The number of rotatable bonds is 12. The Hall–Kier alpha value is -1.72. The van der Waals surface area contributed by atoms with Crippen LogP contribution in [0.2, 0.25) is 0 Å². The molecule has 3 aliphatic rings. The van der Waals surface area contributed by atoms with Crippen molar-refractivity contribution in [2.24, 2.45) is 0 Å². The van der Waals surface area contributed by atoms with E-state index >= 15 is 0 Å². The number of aliphatic hydroxyl groups is 2. The minimum atomic E-state index is -0.849. The van der Waals surface area contributed by atoms with Gasteiger partial charge in [-0.15, -0.1) is 0 Å². The average molecular weight is 509 g/mol. The van der Waals surface area contributed by atoms with Gasteiger partial charge in [0.15, 0.2) is 6.29 Å². The predicted molar refractivity (Wildman–Crippen MR) is 152 cm³/mol. The van der Waals surface area contributed by atoms with E-state index in [1.807, 2.05) is 0 Å². The van der Waals surface area contributed by atoms with Gasteiger partial charge in [0.2, 0.25) is 0 Å². The van der Waals surface area contributed by atoms with Gasteiger partial charge in [0, 0.05) is 0 Å². The lowest BCUT2D eigenvalue weighted by Gasteiger charge is -2.42. The second-order valence-corrected chi connectivity index (χ2v) is 12.6. The molecular weight excluding hydrogens is 460 g/mol. The molecule has 0 radical (unpaired) electrons. The highest BCUT2D eigenvalue weighted by molar-refractivity contribution is 5.62. The Labute approximate surface area is 224 Å². The van der Waals surface area contributed by atoms with Crippen molar-refractivity contribution in [3.63, 3.8) is 0 Å². The minimum absolute atomic E-state index is 0.0198. The smallest absolute Gasteiger partial charge is 0.188 e. The number of epoxide rings is 1. The minimum Gasteiger partial charge on any atom is -0.394 e. The summed E-state index contributed by atoms with van der Waals surface area (Å²) >= 11 is 0. The summed E-state index contributed by atoms with van der Waals surface area (Å²) < 4.78 is 11.2. The summed E-state index contributed by atoms with van der Waals surface area (Å²) in [6, 6.07) is 5.06. The zero-order valence-corrected chi connectivity index (χ0v) is 23.7. The quantitative estimate of drug-likeness (QED) is 0.238. The highest BCUT2D eigenvalue weighted by atomic mass is 16.8. The molecule has 1 aromatic carbocycles. The second-order valence-electron chi connectivity index (χ2n) is 12.6.